The van der Waals surface area contributed by atoms with Crippen LogP contribution in [0.1, 0.15) is 39.4 Å². The largest absolute Gasteiger partial charge is 0.353 e. The molecule has 0 atom stereocenters. The fraction of sp³-hybridized carbons (Fsp3) is 0.750. The van der Waals surface area contributed by atoms with Gasteiger partial charge in [0, 0.05) is 6.04 Å². The highest BCUT2D eigenvalue weighted by atomic mass is 35.5. The quantitative estimate of drug-likeness (QED) is 0.800. The Morgan fingerprint density at radius 2 is 2.10 bits per heavy atom. The number of carbonyl (C=O) groups excluding carboxylic acids is 1. The minimum absolute atomic E-state index is 0. The first-order chi connectivity index (χ1) is 8.68. The summed E-state index contributed by atoms with van der Waals surface area (Å²) in [4.78, 5) is 17.6. The maximum Gasteiger partial charge on any atom is 0.240 e. The van der Waals surface area contributed by atoms with Crippen LogP contribution in [0.3, 0.4) is 0 Å². The Hall–Kier alpha value is -1.18. The number of hydrogen-bond donors (Lipinski definition) is 2. The number of hydrogen-bond acceptors (Lipinski definition) is 6. The van der Waals surface area contributed by atoms with Gasteiger partial charge in [0.25, 0.3) is 0 Å². The second-order valence-electron chi connectivity index (χ2n) is 5.63. The average molecular weight is 306 g/mol. The number of likely N-dealkylation sites (N-methyl/N-ethyl adjacent to an activating group) is 1. The normalized spacial score (nSPS) is 11.6. The summed E-state index contributed by atoms with van der Waals surface area (Å²) in [6, 6.07) is 0.133. The number of amides is 1. The molecule has 0 aliphatic carbocycles. The lowest BCUT2D eigenvalue weighted by Crippen LogP contribution is -2.38. The number of nitrogens with two attached hydrogens (primary N) is 1. The third-order valence-electron chi connectivity index (χ3n) is 2.31. The fourth-order valence-electron chi connectivity index (χ4n) is 1.48. The predicted octanol–water partition coefficient (Wildman–Crippen LogP) is 0.642. The summed E-state index contributed by atoms with van der Waals surface area (Å²) >= 11 is 0. The van der Waals surface area contributed by atoms with Crippen molar-refractivity contribution in [2.75, 3.05) is 13.6 Å². The Morgan fingerprint density at radius 1 is 1.50 bits per heavy atom. The van der Waals surface area contributed by atoms with E-state index in [1.54, 1.807) is 18.7 Å². The molecule has 0 aliphatic heterocycles. The minimum atomic E-state index is -0.630. The second-order valence-corrected chi connectivity index (χ2v) is 5.63. The lowest BCUT2D eigenvalue weighted by molar-refractivity contribution is -0.122. The van der Waals surface area contributed by atoms with E-state index in [9.17, 15) is 4.79 Å². The highest BCUT2D eigenvalue weighted by Crippen LogP contribution is 2.13. The van der Waals surface area contributed by atoms with Gasteiger partial charge < -0.3 is 15.6 Å². The lowest BCUT2D eigenvalue weighted by Gasteiger charge is -2.15. The Kier molecular flexibility index (Phi) is 7.12. The molecular formula is C12H24ClN5O2. The van der Waals surface area contributed by atoms with Crippen molar-refractivity contribution in [2.45, 2.75) is 45.8 Å². The van der Waals surface area contributed by atoms with Crippen LogP contribution in [0.15, 0.2) is 4.52 Å². The zero-order chi connectivity index (χ0) is 14.6. The number of nitrogens with one attached hydrogen (secondary N) is 1. The van der Waals surface area contributed by atoms with Crippen LogP contribution in [0.25, 0.3) is 0 Å². The van der Waals surface area contributed by atoms with E-state index in [1.807, 2.05) is 20.9 Å². The molecule has 0 aliphatic rings. The third kappa shape index (κ3) is 6.31. The molecule has 8 heteroatoms. The summed E-state index contributed by atoms with van der Waals surface area (Å²) in [5.74, 6) is 0.882. The maximum atomic E-state index is 11.6. The van der Waals surface area contributed by atoms with Crippen LogP contribution in [-0.4, -0.2) is 40.6 Å². The SMILES string of the molecule is CC(C)NC(=O)CN(C)Cc1nc(C(C)(C)N)no1.Cl. The molecule has 0 aromatic carbocycles. The summed E-state index contributed by atoms with van der Waals surface area (Å²) < 4.78 is 5.11. The first-order valence-electron chi connectivity index (χ1n) is 6.28. The number of carbonyl (C=O) groups is 1. The molecule has 0 saturated heterocycles. The Labute approximate surface area is 125 Å². The van der Waals surface area contributed by atoms with Crippen LogP contribution in [0.5, 0.6) is 0 Å². The average Bonchev–Trinajstić information content (AvgIpc) is 2.63. The minimum Gasteiger partial charge on any atom is -0.353 e. The van der Waals surface area contributed by atoms with Crippen molar-refractivity contribution >= 4 is 18.3 Å². The molecular weight excluding hydrogens is 282 g/mol. The Bertz CT molecular complexity index is 428. The van der Waals surface area contributed by atoms with Gasteiger partial charge in [0.1, 0.15) is 0 Å². The van der Waals surface area contributed by atoms with E-state index in [2.05, 4.69) is 15.5 Å². The topological polar surface area (TPSA) is 97.3 Å². The number of halogens is 1. The molecule has 7 nitrogen and oxygen atoms in total. The van der Waals surface area contributed by atoms with Gasteiger partial charge in [0.15, 0.2) is 5.82 Å². The van der Waals surface area contributed by atoms with Crippen molar-refractivity contribution < 1.29 is 9.32 Å². The lowest BCUT2D eigenvalue weighted by atomic mass is 10.1. The molecule has 0 radical (unpaired) electrons. The predicted molar refractivity (Wildman–Crippen MR) is 78.4 cm³/mol. The molecule has 0 fully saturated rings. The first kappa shape index (κ1) is 18.8. The van der Waals surface area contributed by atoms with Crippen molar-refractivity contribution in [1.82, 2.24) is 20.4 Å². The summed E-state index contributed by atoms with van der Waals surface area (Å²) in [6.45, 7) is 8.15. The Morgan fingerprint density at radius 3 is 2.55 bits per heavy atom. The van der Waals surface area contributed by atoms with Crippen molar-refractivity contribution in [1.29, 1.82) is 0 Å². The number of nitrogens with zero attached hydrogens (tertiary/aromatic N) is 3. The highest BCUT2D eigenvalue weighted by molar-refractivity contribution is 5.85. The monoisotopic (exact) mass is 305 g/mol. The van der Waals surface area contributed by atoms with Crippen LogP contribution in [0.2, 0.25) is 0 Å². The molecule has 3 N–H and O–H groups in total. The molecule has 1 heterocycles. The molecule has 20 heavy (non-hydrogen) atoms. The van der Waals surface area contributed by atoms with Crippen molar-refractivity contribution in [3.05, 3.63) is 11.7 Å². The van der Waals surface area contributed by atoms with Crippen LogP contribution >= 0.6 is 12.4 Å². The van der Waals surface area contributed by atoms with Crippen LogP contribution in [0.4, 0.5) is 0 Å². The van der Waals surface area contributed by atoms with Gasteiger partial charge in [-0.1, -0.05) is 5.16 Å². The molecule has 0 saturated carbocycles. The van der Waals surface area contributed by atoms with E-state index in [4.69, 9.17) is 10.3 Å². The number of aromatic nitrogens is 2. The zero-order valence-corrected chi connectivity index (χ0v) is 13.5. The van der Waals surface area contributed by atoms with E-state index in [0.717, 1.165) is 0 Å². The van der Waals surface area contributed by atoms with Crippen molar-refractivity contribution in [2.24, 2.45) is 5.73 Å². The van der Waals surface area contributed by atoms with Gasteiger partial charge in [-0.2, -0.15) is 4.98 Å². The molecule has 0 bridgehead atoms. The van der Waals surface area contributed by atoms with Gasteiger partial charge in [0.2, 0.25) is 11.8 Å². The van der Waals surface area contributed by atoms with Gasteiger partial charge in [-0.05, 0) is 34.7 Å². The van der Waals surface area contributed by atoms with Crippen molar-refractivity contribution in [3.8, 4) is 0 Å². The number of rotatable bonds is 6. The molecule has 1 rings (SSSR count). The zero-order valence-electron chi connectivity index (χ0n) is 12.6. The smallest absolute Gasteiger partial charge is 0.240 e. The van der Waals surface area contributed by atoms with E-state index >= 15 is 0 Å². The highest BCUT2D eigenvalue weighted by Gasteiger charge is 2.22. The van der Waals surface area contributed by atoms with Gasteiger partial charge in [-0.3, -0.25) is 9.69 Å². The molecule has 0 spiro atoms. The fourth-order valence-corrected chi connectivity index (χ4v) is 1.48. The summed E-state index contributed by atoms with van der Waals surface area (Å²) in [5.41, 5.74) is 5.24. The molecule has 0 unspecified atom stereocenters. The van der Waals surface area contributed by atoms with Gasteiger partial charge >= 0.3 is 0 Å². The standard InChI is InChI=1S/C12H23N5O2.ClH/c1-8(2)14-9(18)6-17(5)7-10-15-11(16-19-10)12(3,4)13;/h8H,6-7,13H2,1-5H3,(H,14,18);1H. The van der Waals surface area contributed by atoms with E-state index in [0.29, 0.717) is 18.3 Å². The van der Waals surface area contributed by atoms with E-state index in [1.165, 1.54) is 0 Å². The summed E-state index contributed by atoms with van der Waals surface area (Å²) in [5, 5.41) is 6.65. The Balaban J connectivity index is 0.00000361. The van der Waals surface area contributed by atoms with Crippen LogP contribution < -0.4 is 11.1 Å². The van der Waals surface area contributed by atoms with Gasteiger partial charge in [-0.25, -0.2) is 0 Å². The molecule has 1 aromatic rings. The summed E-state index contributed by atoms with van der Waals surface area (Å²) in [6.07, 6.45) is 0. The van der Waals surface area contributed by atoms with Gasteiger partial charge in [-0.15, -0.1) is 12.4 Å². The molecule has 1 amide bonds. The van der Waals surface area contributed by atoms with E-state index in [-0.39, 0.29) is 30.9 Å². The van der Waals surface area contributed by atoms with E-state index < -0.39 is 5.54 Å². The molecule has 116 valence electrons. The molecule has 1 aromatic heterocycles. The van der Waals surface area contributed by atoms with Crippen LogP contribution in [0, 0.1) is 0 Å². The van der Waals surface area contributed by atoms with Crippen molar-refractivity contribution in [3.63, 3.8) is 0 Å². The summed E-state index contributed by atoms with van der Waals surface area (Å²) in [7, 11) is 1.82. The first-order valence-corrected chi connectivity index (χ1v) is 6.28. The van der Waals surface area contributed by atoms with Gasteiger partial charge in [0.05, 0.1) is 18.6 Å². The maximum absolute atomic E-state index is 11.6. The van der Waals surface area contributed by atoms with Crippen LogP contribution in [-0.2, 0) is 16.9 Å². The third-order valence-corrected chi connectivity index (χ3v) is 2.31. The second kappa shape index (κ2) is 7.56.